The third-order valence-electron chi connectivity index (χ3n) is 5.87. The van der Waals surface area contributed by atoms with Gasteiger partial charge in [-0.15, -0.1) is 11.3 Å². The van der Waals surface area contributed by atoms with Gasteiger partial charge in [0.15, 0.2) is 0 Å². The smallest absolute Gasteiger partial charge is 0.256 e. The highest BCUT2D eigenvalue weighted by Crippen LogP contribution is 2.40. The number of halogens is 1. The largest absolute Gasteiger partial charge is 0.358 e. The number of H-pyrrole nitrogens is 1. The number of hydrogen-bond donors (Lipinski definition) is 3. The molecule has 1 aromatic carbocycles. The molecule has 0 aliphatic carbocycles. The van der Waals surface area contributed by atoms with Crippen molar-refractivity contribution in [1.82, 2.24) is 15.2 Å². The Bertz CT molecular complexity index is 1220. The molecule has 0 unspecified atom stereocenters. The van der Waals surface area contributed by atoms with E-state index in [4.69, 9.17) is 11.6 Å². The van der Waals surface area contributed by atoms with Crippen LogP contribution in [0.15, 0.2) is 36.4 Å². The molecule has 8 heteroatoms. The number of anilines is 1. The van der Waals surface area contributed by atoms with Gasteiger partial charge in [0.25, 0.3) is 11.8 Å². The van der Waals surface area contributed by atoms with E-state index in [-0.39, 0.29) is 11.8 Å². The molecule has 3 N–H and O–H groups in total. The Balaban J connectivity index is 1.74. The average molecular weight is 483 g/mol. The summed E-state index contributed by atoms with van der Waals surface area (Å²) in [5, 5.41) is 5.96. The van der Waals surface area contributed by atoms with Crippen molar-refractivity contribution in [2.75, 3.05) is 31.5 Å². The van der Waals surface area contributed by atoms with Gasteiger partial charge in [-0.1, -0.05) is 43.6 Å². The zero-order chi connectivity index (χ0) is 23.5. The first-order valence-corrected chi connectivity index (χ1v) is 12.2. The Morgan fingerprint density at radius 2 is 1.94 bits per heavy atom. The lowest BCUT2D eigenvalue weighted by molar-refractivity contribution is -0.110. The first kappa shape index (κ1) is 23.3. The van der Waals surface area contributed by atoms with E-state index in [2.05, 4.69) is 34.4 Å². The van der Waals surface area contributed by atoms with Crippen LogP contribution in [0.4, 0.5) is 5.69 Å². The van der Waals surface area contributed by atoms with Crippen molar-refractivity contribution in [2.45, 2.75) is 20.8 Å². The van der Waals surface area contributed by atoms with Crippen molar-refractivity contribution in [2.24, 2.45) is 0 Å². The second-order valence-electron chi connectivity index (χ2n) is 7.86. The molecule has 2 aromatic heterocycles. The number of fused-ring (bicyclic) bond motifs is 1. The third-order valence-corrected chi connectivity index (χ3v) is 7.12. The van der Waals surface area contributed by atoms with Crippen LogP contribution in [-0.2, 0) is 4.79 Å². The number of hydrogen-bond acceptors (Lipinski definition) is 4. The van der Waals surface area contributed by atoms with Crippen LogP contribution >= 0.6 is 22.9 Å². The Kier molecular flexibility index (Phi) is 7.02. The Hall–Kier alpha value is -2.87. The SMILES string of the molecule is CCN(CC)CCNC(=O)c1c(C)[nH]c(/C=C2\C(=O)Nc3ccccc32)c1-c1ccc(Cl)s1. The number of carbonyl (C=O) groups excluding carboxylic acids is 2. The Morgan fingerprint density at radius 3 is 2.64 bits per heavy atom. The van der Waals surface area contributed by atoms with E-state index in [1.165, 1.54) is 11.3 Å². The molecule has 33 heavy (non-hydrogen) atoms. The van der Waals surface area contributed by atoms with E-state index >= 15 is 0 Å². The van der Waals surface area contributed by atoms with Gasteiger partial charge >= 0.3 is 0 Å². The van der Waals surface area contributed by atoms with Gasteiger partial charge in [0, 0.05) is 46.2 Å². The summed E-state index contributed by atoms with van der Waals surface area (Å²) in [6.45, 7) is 9.32. The maximum Gasteiger partial charge on any atom is 0.256 e. The number of likely N-dealkylation sites (N-methyl/N-ethyl adjacent to an activating group) is 1. The van der Waals surface area contributed by atoms with Crippen LogP contribution in [0.5, 0.6) is 0 Å². The lowest BCUT2D eigenvalue weighted by atomic mass is 10.0. The van der Waals surface area contributed by atoms with Gasteiger partial charge in [0.05, 0.1) is 15.5 Å². The van der Waals surface area contributed by atoms with E-state index in [0.717, 1.165) is 47.0 Å². The number of rotatable bonds is 8. The maximum atomic E-state index is 13.3. The average Bonchev–Trinajstić information content (AvgIpc) is 3.46. The predicted octanol–water partition coefficient (Wildman–Crippen LogP) is 5.27. The number of benzene rings is 1. The highest BCUT2D eigenvalue weighted by atomic mass is 35.5. The van der Waals surface area contributed by atoms with Gasteiger partial charge in [0.1, 0.15) is 0 Å². The number of amides is 2. The Morgan fingerprint density at radius 1 is 1.18 bits per heavy atom. The van der Waals surface area contributed by atoms with E-state index in [0.29, 0.717) is 27.7 Å². The van der Waals surface area contributed by atoms with E-state index < -0.39 is 0 Å². The molecule has 172 valence electrons. The van der Waals surface area contributed by atoms with Gasteiger partial charge in [-0.25, -0.2) is 0 Å². The number of para-hydroxylation sites is 1. The van der Waals surface area contributed by atoms with Crippen molar-refractivity contribution in [3.05, 3.63) is 63.2 Å². The summed E-state index contributed by atoms with van der Waals surface area (Å²) in [5.74, 6) is -0.305. The summed E-state index contributed by atoms with van der Waals surface area (Å²) >= 11 is 7.64. The number of nitrogens with zero attached hydrogens (tertiary/aromatic N) is 1. The molecule has 1 aliphatic rings. The molecule has 0 atom stereocenters. The van der Waals surface area contributed by atoms with Gasteiger partial charge < -0.3 is 20.5 Å². The summed E-state index contributed by atoms with van der Waals surface area (Å²) < 4.78 is 0.638. The minimum atomic E-state index is -0.163. The topological polar surface area (TPSA) is 77.2 Å². The minimum Gasteiger partial charge on any atom is -0.358 e. The monoisotopic (exact) mass is 482 g/mol. The van der Waals surface area contributed by atoms with Crippen LogP contribution in [0.1, 0.15) is 41.2 Å². The van der Waals surface area contributed by atoms with Crippen molar-refractivity contribution in [1.29, 1.82) is 0 Å². The van der Waals surface area contributed by atoms with Crippen LogP contribution < -0.4 is 10.6 Å². The van der Waals surface area contributed by atoms with Crippen molar-refractivity contribution >= 4 is 52.1 Å². The third kappa shape index (κ3) is 4.76. The van der Waals surface area contributed by atoms with Crippen molar-refractivity contribution in [3.63, 3.8) is 0 Å². The molecular formula is C25H27ClN4O2S. The van der Waals surface area contributed by atoms with Crippen LogP contribution in [0.25, 0.3) is 22.1 Å². The molecule has 0 spiro atoms. The Labute approximate surface area is 202 Å². The number of thiophene rings is 1. The predicted molar refractivity (Wildman–Crippen MR) is 137 cm³/mol. The van der Waals surface area contributed by atoms with Crippen LogP contribution in [0.3, 0.4) is 0 Å². The second-order valence-corrected chi connectivity index (χ2v) is 9.57. The first-order chi connectivity index (χ1) is 15.9. The van der Waals surface area contributed by atoms with Crippen LogP contribution in [-0.4, -0.2) is 47.9 Å². The molecule has 0 radical (unpaired) electrons. The van der Waals surface area contributed by atoms with Crippen molar-refractivity contribution < 1.29 is 9.59 Å². The second kappa shape index (κ2) is 9.95. The first-order valence-electron chi connectivity index (χ1n) is 11.0. The summed E-state index contributed by atoms with van der Waals surface area (Å²) in [5.41, 5.74) is 4.97. The van der Waals surface area contributed by atoms with Crippen LogP contribution in [0.2, 0.25) is 4.34 Å². The lowest BCUT2D eigenvalue weighted by Crippen LogP contribution is -2.35. The molecule has 4 rings (SSSR count). The van der Waals surface area contributed by atoms with Gasteiger partial charge in [-0.3, -0.25) is 9.59 Å². The molecule has 0 fully saturated rings. The highest BCUT2D eigenvalue weighted by molar-refractivity contribution is 7.19. The quantitative estimate of drug-likeness (QED) is 0.383. The minimum absolute atomic E-state index is 0.142. The molecule has 0 bridgehead atoms. The zero-order valence-electron chi connectivity index (χ0n) is 18.9. The fraction of sp³-hybridized carbons (Fsp3) is 0.280. The molecule has 0 saturated heterocycles. The number of aryl methyl sites for hydroxylation is 1. The van der Waals surface area contributed by atoms with E-state index in [9.17, 15) is 9.59 Å². The highest BCUT2D eigenvalue weighted by Gasteiger charge is 2.27. The normalized spacial score (nSPS) is 14.1. The summed E-state index contributed by atoms with van der Waals surface area (Å²) in [6.07, 6.45) is 1.82. The van der Waals surface area contributed by atoms with Gasteiger partial charge in [-0.05, 0) is 44.3 Å². The molecule has 0 saturated carbocycles. The summed E-state index contributed by atoms with van der Waals surface area (Å²) in [4.78, 5) is 32.4. The molecule has 3 heterocycles. The number of aromatic amines is 1. The van der Waals surface area contributed by atoms with Gasteiger partial charge in [-0.2, -0.15) is 0 Å². The summed E-state index contributed by atoms with van der Waals surface area (Å²) in [7, 11) is 0. The number of nitrogens with one attached hydrogen (secondary N) is 3. The van der Waals surface area contributed by atoms with Crippen LogP contribution in [0, 0.1) is 6.92 Å². The number of carbonyl (C=O) groups is 2. The van der Waals surface area contributed by atoms with E-state index in [1.54, 1.807) is 0 Å². The maximum absolute atomic E-state index is 13.3. The zero-order valence-corrected chi connectivity index (χ0v) is 20.5. The standard InChI is InChI=1S/C25H27ClN4O2S/c1-4-30(5-2)13-12-27-25(32)22-15(3)28-19(23(22)20-10-11-21(26)33-20)14-17-16-8-6-7-9-18(16)29-24(17)31/h6-11,14,28H,4-5,12-13H2,1-3H3,(H,27,32)(H,29,31)/b17-14-. The molecule has 3 aromatic rings. The molecular weight excluding hydrogens is 456 g/mol. The van der Waals surface area contributed by atoms with Gasteiger partial charge in [0.2, 0.25) is 0 Å². The lowest BCUT2D eigenvalue weighted by Gasteiger charge is -2.18. The molecule has 2 amide bonds. The molecule has 1 aliphatic heterocycles. The fourth-order valence-electron chi connectivity index (χ4n) is 4.13. The number of aromatic nitrogens is 1. The molecule has 6 nitrogen and oxygen atoms in total. The fourth-order valence-corrected chi connectivity index (χ4v) is 5.24. The van der Waals surface area contributed by atoms with Crippen molar-refractivity contribution in [3.8, 4) is 10.4 Å². The van der Waals surface area contributed by atoms with E-state index in [1.807, 2.05) is 49.4 Å². The summed E-state index contributed by atoms with van der Waals surface area (Å²) in [6, 6.07) is 11.3.